The van der Waals surface area contributed by atoms with Crippen LogP contribution in [0.4, 0.5) is 11.4 Å². The fraction of sp³-hybridized carbons (Fsp3) is 0.174. The summed E-state index contributed by atoms with van der Waals surface area (Å²) in [4.78, 5) is 28.7. The van der Waals surface area contributed by atoms with Crippen molar-refractivity contribution in [3.05, 3.63) is 78.6 Å². The minimum Gasteiger partial charge on any atom is -0.326 e. The number of pyridine rings is 1. The molecule has 0 bridgehead atoms. The van der Waals surface area contributed by atoms with Crippen molar-refractivity contribution in [2.45, 2.75) is 35.4 Å². The van der Waals surface area contributed by atoms with Gasteiger partial charge in [-0.1, -0.05) is 6.07 Å². The number of anilines is 2. The van der Waals surface area contributed by atoms with Gasteiger partial charge in [0.25, 0.3) is 0 Å². The van der Waals surface area contributed by atoms with Gasteiger partial charge in [0, 0.05) is 41.3 Å². The molecule has 0 aliphatic carbocycles. The van der Waals surface area contributed by atoms with Crippen molar-refractivity contribution in [3.63, 3.8) is 0 Å². The maximum Gasteiger partial charge on any atom is 0.242 e. The van der Waals surface area contributed by atoms with Crippen LogP contribution in [0.5, 0.6) is 0 Å². The Bertz CT molecular complexity index is 1200. The van der Waals surface area contributed by atoms with Crippen molar-refractivity contribution < 1.29 is 18.0 Å². The lowest BCUT2D eigenvalue weighted by molar-refractivity contribution is -0.117. The van der Waals surface area contributed by atoms with Crippen LogP contribution in [0.2, 0.25) is 0 Å². The van der Waals surface area contributed by atoms with Crippen LogP contribution in [0.15, 0.2) is 82.8 Å². The van der Waals surface area contributed by atoms with Crippen molar-refractivity contribution in [2.24, 2.45) is 0 Å². The zero-order valence-electron chi connectivity index (χ0n) is 18.1. The Morgan fingerprint density at radius 3 is 2.21 bits per heavy atom. The van der Waals surface area contributed by atoms with Crippen LogP contribution in [0.3, 0.4) is 0 Å². The van der Waals surface area contributed by atoms with E-state index in [2.05, 4.69) is 20.3 Å². The van der Waals surface area contributed by atoms with E-state index in [-0.39, 0.29) is 10.8 Å². The minimum atomic E-state index is -3.91. The van der Waals surface area contributed by atoms with Gasteiger partial charge in [-0.05, 0) is 67.1 Å². The molecule has 0 radical (unpaired) electrons. The van der Waals surface area contributed by atoms with Crippen molar-refractivity contribution in [1.29, 1.82) is 0 Å². The maximum absolute atomic E-state index is 12.6. The highest BCUT2D eigenvalue weighted by atomic mass is 32.2. The summed E-state index contributed by atoms with van der Waals surface area (Å²) in [5.74, 6) is 0.0443. The Morgan fingerprint density at radius 1 is 0.970 bits per heavy atom. The van der Waals surface area contributed by atoms with Gasteiger partial charge in [-0.2, -0.15) is 4.72 Å². The third-order valence-corrected chi connectivity index (χ3v) is 7.10. The Labute approximate surface area is 197 Å². The average Bonchev–Trinajstić information content (AvgIpc) is 2.79. The predicted molar refractivity (Wildman–Crippen MR) is 129 cm³/mol. The van der Waals surface area contributed by atoms with Gasteiger partial charge < -0.3 is 10.6 Å². The van der Waals surface area contributed by atoms with Crippen LogP contribution >= 0.6 is 11.8 Å². The van der Waals surface area contributed by atoms with Crippen LogP contribution in [-0.2, 0) is 25.4 Å². The number of nitrogens with zero attached hydrogens (tertiary/aromatic N) is 1. The summed E-state index contributed by atoms with van der Waals surface area (Å²) in [7, 11) is -3.91. The molecule has 0 aliphatic rings. The van der Waals surface area contributed by atoms with E-state index in [1.165, 1.54) is 38.1 Å². The molecule has 1 aromatic heterocycles. The summed E-state index contributed by atoms with van der Waals surface area (Å²) in [6, 6.07) is 15.9. The van der Waals surface area contributed by atoms with Crippen molar-refractivity contribution in [1.82, 2.24) is 9.71 Å². The summed E-state index contributed by atoms with van der Waals surface area (Å²) < 4.78 is 27.5. The first-order valence-electron chi connectivity index (χ1n) is 10.1. The number of amides is 2. The van der Waals surface area contributed by atoms with Gasteiger partial charge in [0.05, 0.1) is 10.9 Å². The first-order chi connectivity index (χ1) is 15.7. The molecule has 0 fully saturated rings. The summed E-state index contributed by atoms with van der Waals surface area (Å²) in [6.07, 6.45) is 3.55. The average molecular weight is 485 g/mol. The standard InChI is InChI=1S/C23H24N4O4S2/c1-16(27-33(30,31)22-11-7-19(8-12-22)25-17(2)28)23(29)26-20-5-9-21(10-6-20)32-15-18-4-3-13-24-14-18/h3-14,16,27H,15H2,1-2H3,(H,25,28)(H,26,29)/t16-/m0/s1. The Kier molecular flexibility index (Phi) is 8.21. The number of aromatic nitrogens is 1. The molecular formula is C23H24N4O4S2. The van der Waals surface area contributed by atoms with Crippen LogP contribution < -0.4 is 15.4 Å². The van der Waals surface area contributed by atoms with Crippen LogP contribution in [-0.4, -0.2) is 31.3 Å². The predicted octanol–water partition coefficient (Wildman–Crippen LogP) is 3.64. The number of benzene rings is 2. The zero-order chi connectivity index (χ0) is 23.8. The zero-order valence-corrected chi connectivity index (χ0v) is 19.7. The van der Waals surface area contributed by atoms with Gasteiger partial charge in [-0.25, -0.2) is 8.42 Å². The number of nitrogens with one attached hydrogen (secondary N) is 3. The molecule has 1 heterocycles. The number of hydrogen-bond acceptors (Lipinski definition) is 6. The summed E-state index contributed by atoms with van der Waals surface area (Å²) >= 11 is 1.65. The van der Waals surface area contributed by atoms with E-state index in [9.17, 15) is 18.0 Å². The van der Waals surface area contributed by atoms with Gasteiger partial charge in [0.15, 0.2) is 0 Å². The topological polar surface area (TPSA) is 117 Å². The molecule has 0 saturated carbocycles. The molecule has 3 aromatic rings. The number of thioether (sulfide) groups is 1. The molecule has 1 atom stereocenters. The molecule has 0 saturated heterocycles. The molecule has 2 amide bonds. The first-order valence-corrected chi connectivity index (χ1v) is 12.5. The van der Waals surface area contributed by atoms with Crippen LogP contribution in [0.25, 0.3) is 0 Å². The molecule has 0 spiro atoms. The third-order valence-electron chi connectivity index (χ3n) is 4.46. The molecule has 2 aromatic carbocycles. The molecular weight excluding hydrogens is 460 g/mol. The van der Waals surface area contributed by atoms with E-state index in [1.54, 1.807) is 30.1 Å². The third kappa shape index (κ3) is 7.41. The van der Waals surface area contributed by atoms with E-state index in [1.807, 2.05) is 30.5 Å². The molecule has 3 rings (SSSR count). The molecule has 10 heteroatoms. The Hall–Kier alpha value is -3.21. The van der Waals surface area contributed by atoms with Gasteiger partial charge in [-0.3, -0.25) is 14.6 Å². The van der Waals surface area contributed by atoms with E-state index < -0.39 is 22.0 Å². The molecule has 33 heavy (non-hydrogen) atoms. The second kappa shape index (κ2) is 11.1. The van der Waals surface area contributed by atoms with Gasteiger partial charge in [-0.15, -0.1) is 11.8 Å². The highest BCUT2D eigenvalue weighted by Gasteiger charge is 2.22. The van der Waals surface area contributed by atoms with Crippen molar-refractivity contribution >= 4 is 45.0 Å². The largest absolute Gasteiger partial charge is 0.326 e. The number of sulfonamides is 1. The lowest BCUT2D eigenvalue weighted by atomic mass is 10.3. The summed E-state index contributed by atoms with van der Waals surface area (Å²) in [5.41, 5.74) is 2.16. The van der Waals surface area contributed by atoms with Crippen molar-refractivity contribution in [2.75, 3.05) is 10.6 Å². The smallest absolute Gasteiger partial charge is 0.242 e. The normalized spacial score (nSPS) is 12.1. The highest BCUT2D eigenvalue weighted by Crippen LogP contribution is 2.24. The highest BCUT2D eigenvalue weighted by molar-refractivity contribution is 7.98. The number of hydrogen-bond donors (Lipinski definition) is 3. The first kappa shape index (κ1) is 24.4. The monoisotopic (exact) mass is 484 g/mol. The minimum absolute atomic E-state index is 0.00811. The summed E-state index contributed by atoms with van der Waals surface area (Å²) in [5, 5.41) is 5.28. The number of rotatable bonds is 9. The molecule has 172 valence electrons. The quantitative estimate of drug-likeness (QED) is 0.399. The van der Waals surface area contributed by atoms with Gasteiger partial charge >= 0.3 is 0 Å². The second-order valence-corrected chi connectivity index (χ2v) is 9.97. The van der Waals surface area contributed by atoms with Crippen LogP contribution in [0.1, 0.15) is 19.4 Å². The summed E-state index contributed by atoms with van der Waals surface area (Å²) in [6.45, 7) is 2.83. The van der Waals surface area contributed by atoms with E-state index in [4.69, 9.17) is 0 Å². The molecule has 0 aliphatic heterocycles. The Balaban J connectivity index is 1.54. The van der Waals surface area contributed by atoms with E-state index in [0.717, 1.165) is 16.2 Å². The second-order valence-electron chi connectivity index (χ2n) is 7.21. The number of carbonyl (C=O) groups is 2. The van der Waals surface area contributed by atoms with Crippen LogP contribution in [0, 0.1) is 0 Å². The Morgan fingerprint density at radius 2 is 1.61 bits per heavy atom. The lowest BCUT2D eigenvalue weighted by Gasteiger charge is -2.15. The number of carbonyl (C=O) groups excluding carboxylic acids is 2. The fourth-order valence-electron chi connectivity index (χ4n) is 2.81. The van der Waals surface area contributed by atoms with Crippen molar-refractivity contribution in [3.8, 4) is 0 Å². The fourth-order valence-corrected chi connectivity index (χ4v) is 4.85. The maximum atomic E-state index is 12.6. The SMILES string of the molecule is CC(=O)Nc1ccc(S(=O)(=O)N[C@@H](C)C(=O)Nc2ccc(SCc3cccnc3)cc2)cc1. The molecule has 8 nitrogen and oxygen atoms in total. The van der Waals surface area contributed by atoms with Gasteiger partial charge in [0.2, 0.25) is 21.8 Å². The van der Waals surface area contributed by atoms with E-state index >= 15 is 0 Å². The van der Waals surface area contributed by atoms with E-state index in [0.29, 0.717) is 11.4 Å². The molecule has 3 N–H and O–H groups in total. The van der Waals surface area contributed by atoms with Gasteiger partial charge in [0.1, 0.15) is 0 Å². The lowest BCUT2D eigenvalue weighted by Crippen LogP contribution is -2.41. The molecule has 0 unspecified atom stereocenters.